The van der Waals surface area contributed by atoms with Gasteiger partial charge in [-0.25, -0.2) is 0 Å². The largest absolute Gasteiger partial charge is 1.00 e. The molecule has 6 aromatic rings. The number of nitro groups is 2. The van der Waals surface area contributed by atoms with Crippen LogP contribution in [0, 0.1) is 26.1 Å². The zero-order valence-electron chi connectivity index (χ0n) is 34.1. The van der Waals surface area contributed by atoms with Crippen LogP contribution in [-0.4, -0.2) is 50.0 Å². The summed E-state index contributed by atoms with van der Waals surface area (Å²) in [4.78, 5) is 20.2. The number of fused-ring (bicyclic) bond motifs is 2. The van der Waals surface area contributed by atoms with Gasteiger partial charge in [-0.05, 0) is 60.3 Å². The Hall–Kier alpha value is -6.51. The third kappa shape index (κ3) is 13.8. The minimum Gasteiger partial charge on any atom is -0.506 e. The van der Waals surface area contributed by atoms with E-state index in [1.54, 1.807) is 30.3 Å². The van der Waals surface area contributed by atoms with Crippen molar-refractivity contribution in [3.63, 3.8) is 0 Å². The monoisotopic (exact) mass is 858 g/mol. The van der Waals surface area contributed by atoms with E-state index in [0.717, 1.165) is 55.0 Å². The van der Waals surface area contributed by atoms with Gasteiger partial charge in [-0.3, -0.25) is 20.2 Å². The minimum absolute atomic E-state index is 0. The number of nitro benzene ring substituents is 2. The van der Waals surface area contributed by atoms with Crippen LogP contribution in [0.1, 0.15) is 47.4 Å². The topological polar surface area (TPSA) is 252 Å². The van der Waals surface area contributed by atoms with E-state index < -0.39 is 9.85 Å². The van der Waals surface area contributed by atoms with Gasteiger partial charge in [-0.15, -0.1) is 20.5 Å². The van der Waals surface area contributed by atoms with Crippen molar-refractivity contribution in [1.29, 1.82) is 0 Å². The third-order valence-electron chi connectivity index (χ3n) is 9.00. The molecule has 0 spiro atoms. The van der Waals surface area contributed by atoms with Crippen LogP contribution in [0.4, 0.5) is 34.1 Å². The molecular weight excluding hydrogens is 811 g/mol. The summed E-state index contributed by atoms with van der Waals surface area (Å²) in [5.41, 5.74) is 5.45. The number of phenols is 4. The number of phenolic OH excluding ortho intramolecular Hbond substituents is 4. The Labute approximate surface area is 358 Å². The fraction of sp³-hybridized carbons (Fsp3) is 0.256. The molecule has 0 heterocycles. The standard InChI is InChI=1S/2C16H11N3O4.C11H25NO.Cr/c20-14-8-5-10-3-1-2-4-12(10)16(14)18-17-13-7-6-11(19(22)23)9-15(13)21;20-14-8-6-11(19(22)23)9-13(14)17-18-16-12-4-2-1-3-10(12)5-7-15(16)21;1-3-5-7-11(4-2)10-13-9-6-8-12;/h2*1-9,20-21H;11H,3-10,12H2,1-2H3;/p+1. The van der Waals surface area contributed by atoms with E-state index in [-0.39, 0.29) is 75.9 Å². The van der Waals surface area contributed by atoms with Crippen molar-refractivity contribution in [2.24, 2.45) is 32.1 Å². The molecule has 0 fully saturated rings. The number of azo groups is 2. The molecule has 0 aromatic heterocycles. The Bertz CT molecular complexity index is 2420. The smallest absolute Gasteiger partial charge is 0.506 e. The molecule has 60 heavy (non-hydrogen) atoms. The number of benzene rings is 6. The number of nitrogens with two attached hydrogens (primary N) is 1. The van der Waals surface area contributed by atoms with E-state index in [2.05, 4.69) is 34.3 Å². The van der Waals surface area contributed by atoms with Gasteiger partial charge in [0, 0.05) is 59.5 Å². The van der Waals surface area contributed by atoms with Crippen LogP contribution in [0.15, 0.2) is 130 Å². The molecule has 1 atom stereocenters. The summed E-state index contributed by atoms with van der Waals surface area (Å²) >= 11 is 0. The molecule has 16 nitrogen and oxygen atoms in total. The van der Waals surface area contributed by atoms with E-state index in [1.165, 1.54) is 62.1 Å². The number of aromatic hydroxyl groups is 4. The van der Waals surface area contributed by atoms with Crippen molar-refractivity contribution in [1.82, 2.24) is 0 Å². The van der Waals surface area contributed by atoms with Crippen LogP contribution in [-0.2, 0) is 22.1 Å². The van der Waals surface area contributed by atoms with Crippen LogP contribution >= 0.6 is 0 Å². The van der Waals surface area contributed by atoms with Gasteiger partial charge in [0.25, 0.3) is 11.4 Å². The molecule has 0 radical (unpaired) electrons. The van der Waals surface area contributed by atoms with Crippen molar-refractivity contribution in [2.45, 2.75) is 46.0 Å². The molecule has 0 saturated carbocycles. The number of unbranched alkanes of at least 4 members (excludes halogenated alkanes) is 1. The van der Waals surface area contributed by atoms with Gasteiger partial charge in [-0.2, -0.15) is 0 Å². The summed E-state index contributed by atoms with van der Waals surface area (Å²) < 4.78 is 5.54. The number of non-ortho nitro benzene ring substituents is 2. The predicted octanol–water partition coefficient (Wildman–Crippen LogP) is 11.8. The molecule has 1 unspecified atom stereocenters. The van der Waals surface area contributed by atoms with Gasteiger partial charge < -0.3 is 30.9 Å². The summed E-state index contributed by atoms with van der Waals surface area (Å²) in [6, 6.07) is 28.1. The van der Waals surface area contributed by atoms with Crippen LogP contribution < -0.4 is 5.73 Å². The molecule has 0 bridgehead atoms. The second-order valence-corrected chi connectivity index (χ2v) is 13.2. The van der Waals surface area contributed by atoms with E-state index in [0.29, 0.717) is 10.8 Å². The van der Waals surface area contributed by atoms with Gasteiger partial charge in [0.2, 0.25) is 0 Å². The SMILES string of the molecule is CCCCC(CC)COCCCN.O=[N+]([O-])c1ccc(N=Nc2c(O)ccc3ccccc23)c(O)c1.O=[N+]([O-])c1ccc(O)c(N=Nc2c(O)ccc3ccccc23)c1.[Cr].[H+]. The zero-order valence-corrected chi connectivity index (χ0v) is 34.4. The zero-order chi connectivity index (χ0) is 42.7. The Morgan fingerprint density at radius 1 is 0.650 bits per heavy atom. The van der Waals surface area contributed by atoms with Crippen LogP contribution in [0.25, 0.3) is 21.5 Å². The molecule has 0 saturated heterocycles. The molecule has 6 aromatic carbocycles. The van der Waals surface area contributed by atoms with E-state index in [4.69, 9.17) is 10.5 Å². The molecule has 6 N–H and O–H groups in total. The molecule has 314 valence electrons. The van der Waals surface area contributed by atoms with Crippen LogP contribution in [0.5, 0.6) is 23.0 Å². The summed E-state index contributed by atoms with van der Waals surface area (Å²) in [5, 5.41) is 79.7. The quantitative estimate of drug-likeness (QED) is 0.0282. The van der Waals surface area contributed by atoms with Crippen molar-refractivity contribution in [2.75, 3.05) is 19.8 Å². The fourth-order valence-corrected chi connectivity index (χ4v) is 5.65. The summed E-state index contributed by atoms with van der Waals surface area (Å²) in [6.45, 7) is 6.98. The third-order valence-corrected chi connectivity index (χ3v) is 9.00. The van der Waals surface area contributed by atoms with Gasteiger partial charge in [0.1, 0.15) is 45.7 Å². The van der Waals surface area contributed by atoms with Gasteiger partial charge in [0.05, 0.1) is 15.9 Å². The summed E-state index contributed by atoms with van der Waals surface area (Å²) in [7, 11) is 0. The minimum atomic E-state index is -0.614. The van der Waals surface area contributed by atoms with Gasteiger partial charge in [-0.1, -0.05) is 93.8 Å². The molecule has 17 heteroatoms. The maximum Gasteiger partial charge on any atom is 1.00 e. The molecule has 0 amide bonds. The Morgan fingerprint density at radius 3 is 1.68 bits per heavy atom. The van der Waals surface area contributed by atoms with Crippen molar-refractivity contribution >= 4 is 55.7 Å². The number of hydrogen-bond donors (Lipinski definition) is 5. The average molecular weight is 859 g/mol. The van der Waals surface area contributed by atoms with Gasteiger partial charge in [0.15, 0.2) is 0 Å². The first kappa shape index (κ1) is 47.9. The van der Waals surface area contributed by atoms with E-state index >= 15 is 0 Å². The second-order valence-electron chi connectivity index (χ2n) is 13.2. The first-order valence-corrected chi connectivity index (χ1v) is 18.9. The number of ether oxygens (including phenoxy) is 1. The first-order chi connectivity index (χ1) is 28.5. The Kier molecular flexibility index (Phi) is 19.5. The number of rotatable bonds is 15. The molecule has 0 aliphatic carbocycles. The first-order valence-electron chi connectivity index (χ1n) is 18.9. The van der Waals surface area contributed by atoms with E-state index in [1.807, 2.05) is 30.3 Å². The fourth-order valence-electron chi connectivity index (χ4n) is 5.65. The maximum atomic E-state index is 10.8. The number of nitrogens with zero attached hydrogens (tertiary/aromatic N) is 6. The van der Waals surface area contributed by atoms with Crippen molar-refractivity contribution in [3.8, 4) is 23.0 Å². The van der Waals surface area contributed by atoms with Crippen LogP contribution in [0.2, 0.25) is 0 Å². The Morgan fingerprint density at radius 2 is 1.17 bits per heavy atom. The summed E-state index contributed by atoms with van der Waals surface area (Å²) in [6.07, 6.45) is 6.17. The molecule has 0 aliphatic heterocycles. The predicted molar refractivity (Wildman–Crippen MR) is 228 cm³/mol. The maximum absolute atomic E-state index is 10.8. The summed E-state index contributed by atoms with van der Waals surface area (Å²) in [5.74, 6) is 0.0469. The van der Waals surface area contributed by atoms with Gasteiger partial charge >= 0.3 is 1.43 Å². The molecule has 6 rings (SSSR count). The van der Waals surface area contributed by atoms with E-state index in [9.17, 15) is 40.7 Å². The molecular formula is C43H48CrN7O9+. The second kappa shape index (κ2) is 24.4. The molecule has 0 aliphatic rings. The normalized spacial score (nSPS) is 11.4. The average Bonchev–Trinajstić information content (AvgIpc) is 3.24. The number of hydrogen-bond acceptors (Lipinski definition) is 14. The Balaban J connectivity index is 0.000000324. The van der Waals surface area contributed by atoms with Crippen LogP contribution in [0.3, 0.4) is 0 Å². The van der Waals surface area contributed by atoms with Crippen molar-refractivity contribution in [3.05, 3.63) is 129 Å². The van der Waals surface area contributed by atoms with Crippen molar-refractivity contribution < 1.29 is 53.8 Å².